The van der Waals surface area contributed by atoms with E-state index in [2.05, 4.69) is 5.32 Å². The van der Waals surface area contributed by atoms with Gasteiger partial charge >= 0.3 is 4.87 Å². The van der Waals surface area contributed by atoms with Crippen LogP contribution in [0.5, 0.6) is 5.75 Å². The first-order valence-electron chi connectivity index (χ1n) is 14.7. The van der Waals surface area contributed by atoms with Gasteiger partial charge in [-0.2, -0.15) is 0 Å². The van der Waals surface area contributed by atoms with Gasteiger partial charge in [-0.1, -0.05) is 71.6 Å². The van der Waals surface area contributed by atoms with Crippen molar-refractivity contribution in [1.29, 1.82) is 0 Å². The van der Waals surface area contributed by atoms with Crippen molar-refractivity contribution in [2.75, 3.05) is 36.3 Å². The number of benzene rings is 4. The molecule has 0 saturated carbocycles. The topological polar surface area (TPSA) is 101 Å². The van der Waals surface area contributed by atoms with Gasteiger partial charge in [0.25, 0.3) is 0 Å². The fourth-order valence-electron chi connectivity index (χ4n) is 6.25. The summed E-state index contributed by atoms with van der Waals surface area (Å²) in [6.45, 7) is -0.227. The second kappa shape index (κ2) is 11.8. The minimum absolute atomic E-state index is 0.227. The third-order valence-electron chi connectivity index (χ3n) is 8.51. The molecule has 3 unspecified atom stereocenters. The Morgan fingerprint density at radius 3 is 2.33 bits per heavy atom. The Morgan fingerprint density at radius 1 is 0.891 bits per heavy atom. The van der Waals surface area contributed by atoms with Gasteiger partial charge in [-0.15, -0.1) is 0 Å². The van der Waals surface area contributed by atoms with Gasteiger partial charge in [-0.25, -0.2) is 4.90 Å². The maximum Gasteiger partial charge on any atom is 0.308 e. The van der Waals surface area contributed by atoms with Crippen LogP contribution < -0.4 is 24.7 Å². The van der Waals surface area contributed by atoms with Crippen LogP contribution in [0.1, 0.15) is 16.4 Å². The number of anilines is 3. The molecule has 2 aliphatic rings. The molecule has 0 aliphatic carbocycles. The Labute approximate surface area is 273 Å². The normalized spacial score (nSPS) is 18.8. The summed E-state index contributed by atoms with van der Waals surface area (Å²) in [7, 11) is 5.45. The van der Waals surface area contributed by atoms with Crippen molar-refractivity contribution in [3.05, 3.63) is 111 Å². The molecule has 232 valence electrons. The van der Waals surface area contributed by atoms with Gasteiger partial charge in [0.15, 0.2) is 0 Å². The number of imide groups is 1. The van der Waals surface area contributed by atoms with E-state index >= 15 is 0 Å². The standard InChI is InChI=1S/C35H30N4O5S2/c1-37(2)22-13-11-21(12-14-22)28-29-30(33(42)39(32(29)41)23-15-17-24(44-3)18-16-23)45-34-31(28)46-35(43)38(34)19-27(40)36-26-10-6-8-20-7-4-5-9-25(20)26/h4-18,28-30H,19H2,1-3H3,(H,36,40). The molecule has 3 atom stereocenters. The largest absolute Gasteiger partial charge is 0.497 e. The molecular weight excluding hydrogens is 621 g/mol. The van der Waals surface area contributed by atoms with Crippen molar-refractivity contribution < 1.29 is 19.1 Å². The number of carbonyl (C=O) groups excluding carboxylic acids is 3. The second-order valence-corrected chi connectivity index (χ2v) is 13.6. The molecule has 9 nitrogen and oxygen atoms in total. The third-order valence-corrected chi connectivity index (χ3v) is 11.1. The monoisotopic (exact) mass is 650 g/mol. The highest BCUT2D eigenvalue weighted by Crippen LogP contribution is 2.54. The molecule has 1 N–H and O–H groups in total. The number of amides is 3. The Bertz CT molecular complexity index is 2050. The summed E-state index contributed by atoms with van der Waals surface area (Å²) in [4.78, 5) is 58.8. The first-order valence-corrected chi connectivity index (χ1v) is 16.4. The molecule has 3 heterocycles. The van der Waals surface area contributed by atoms with Crippen molar-refractivity contribution in [3.63, 3.8) is 0 Å². The van der Waals surface area contributed by atoms with E-state index in [-0.39, 0.29) is 29.1 Å². The lowest BCUT2D eigenvalue weighted by Gasteiger charge is -2.31. The molecule has 0 spiro atoms. The maximum atomic E-state index is 14.2. The highest BCUT2D eigenvalue weighted by molar-refractivity contribution is 8.00. The number of hydrogen-bond acceptors (Lipinski definition) is 8. The number of thioether (sulfide) groups is 1. The minimum atomic E-state index is -0.776. The van der Waals surface area contributed by atoms with Crippen LogP contribution in [0, 0.1) is 5.92 Å². The lowest BCUT2D eigenvalue weighted by molar-refractivity contribution is -0.122. The molecule has 2 aliphatic heterocycles. The van der Waals surface area contributed by atoms with Crippen LogP contribution in [0.3, 0.4) is 0 Å². The summed E-state index contributed by atoms with van der Waals surface area (Å²) in [6.07, 6.45) is 0. The van der Waals surface area contributed by atoms with Crippen molar-refractivity contribution >= 4 is 68.7 Å². The molecule has 3 amide bonds. The summed E-state index contributed by atoms with van der Waals surface area (Å²) in [5.41, 5.74) is 2.92. The van der Waals surface area contributed by atoms with Gasteiger partial charge in [-0.3, -0.25) is 23.7 Å². The van der Waals surface area contributed by atoms with E-state index in [0.29, 0.717) is 27.0 Å². The second-order valence-electron chi connectivity index (χ2n) is 11.4. The number of methoxy groups -OCH3 is 1. The molecule has 46 heavy (non-hydrogen) atoms. The number of fused-ring (bicyclic) bond motifs is 3. The predicted molar refractivity (Wildman–Crippen MR) is 182 cm³/mol. The van der Waals surface area contributed by atoms with E-state index < -0.39 is 17.1 Å². The number of carbonyl (C=O) groups is 3. The zero-order chi connectivity index (χ0) is 32.1. The van der Waals surface area contributed by atoms with Gasteiger partial charge in [0.2, 0.25) is 17.7 Å². The Hall–Kier alpha value is -4.87. The number of hydrogen-bond donors (Lipinski definition) is 1. The van der Waals surface area contributed by atoms with Crippen molar-refractivity contribution in [2.45, 2.75) is 22.7 Å². The summed E-state index contributed by atoms with van der Waals surface area (Å²) < 4.78 is 6.71. The fraction of sp³-hybridized carbons (Fsp3) is 0.200. The number of aromatic nitrogens is 1. The lowest BCUT2D eigenvalue weighted by atomic mass is 9.83. The van der Waals surface area contributed by atoms with Gasteiger partial charge in [0.1, 0.15) is 17.5 Å². The quantitative estimate of drug-likeness (QED) is 0.230. The first-order chi connectivity index (χ1) is 22.2. The van der Waals surface area contributed by atoms with Crippen LogP contribution in [0.4, 0.5) is 17.1 Å². The Balaban J connectivity index is 1.27. The van der Waals surface area contributed by atoms with E-state index in [9.17, 15) is 19.2 Å². The summed E-state index contributed by atoms with van der Waals surface area (Å²) in [5.74, 6) is -1.69. The summed E-state index contributed by atoms with van der Waals surface area (Å²) in [6, 6.07) is 28.1. The van der Waals surface area contributed by atoms with Crippen LogP contribution in [-0.4, -0.2) is 48.7 Å². The van der Waals surface area contributed by atoms with E-state index in [4.69, 9.17) is 4.74 Å². The molecule has 11 heteroatoms. The zero-order valence-electron chi connectivity index (χ0n) is 25.3. The Kier molecular flexibility index (Phi) is 7.66. The van der Waals surface area contributed by atoms with Crippen LogP contribution >= 0.6 is 23.1 Å². The van der Waals surface area contributed by atoms with Crippen LogP contribution in [0.15, 0.2) is 101 Å². The SMILES string of the molecule is COc1ccc(N2C(=O)C3Sc4c(sc(=O)n4CC(=O)Nc4cccc5ccccc45)C(c4ccc(N(C)C)cc4)C3C2=O)cc1. The molecule has 1 aromatic heterocycles. The minimum Gasteiger partial charge on any atom is -0.497 e. The summed E-state index contributed by atoms with van der Waals surface area (Å²) in [5, 5.41) is 4.62. The zero-order valence-corrected chi connectivity index (χ0v) is 26.9. The molecule has 7 rings (SSSR count). The molecular formula is C35H30N4O5S2. The number of ether oxygens (including phenoxy) is 1. The van der Waals surface area contributed by atoms with Crippen molar-refractivity contribution in [3.8, 4) is 5.75 Å². The predicted octanol–water partition coefficient (Wildman–Crippen LogP) is 5.57. The smallest absolute Gasteiger partial charge is 0.308 e. The maximum absolute atomic E-state index is 14.2. The molecule has 0 radical (unpaired) electrons. The van der Waals surface area contributed by atoms with Crippen molar-refractivity contribution in [2.24, 2.45) is 5.92 Å². The Morgan fingerprint density at radius 2 is 1.61 bits per heavy atom. The molecule has 0 bridgehead atoms. The van der Waals surface area contributed by atoms with E-state index in [1.807, 2.05) is 85.7 Å². The van der Waals surface area contributed by atoms with Gasteiger partial charge in [0.05, 0.1) is 23.7 Å². The number of nitrogens with zero attached hydrogens (tertiary/aromatic N) is 3. The number of rotatable bonds is 7. The van der Waals surface area contributed by atoms with Gasteiger partial charge in [0, 0.05) is 41.7 Å². The average molecular weight is 651 g/mol. The third kappa shape index (κ3) is 5.05. The molecule has 1 fully saturated rings. The van der Waals surface area contributed by atoms with E-state index in [1.165, 1.54) is 21.2 Å². The van der Waals surface area contributed by atoms with E-state index in [0.717, 1.165) is 33.4 Å². The molecule has 1 saturated heterocycles. The number of nitrogens with one attached hydrogen (secondary N) is 1. The molecule has 5 aromatic rings. The van der Waals surface area contributed by atoms with Crippen LogP contribution in [0.2, 0.25) is 0 Å². The summed E-state index contributed by atoms with van der Waals surface area (Å²) >= 11 is 2.23. The fourth-order valence-corrected chi connectivity index (χ4v) is 9.02. The average Bonchev–Trinajstić information content (AvgIpc) is 3.51. The highest BCUT2D eigenvalue weighted by atomic mass is 32.2. The van der Waals surface area contributed by atoms with Gasteiger partial charge < -0.3 is 15.0 Å². The number of thiazole rings is 1. The molecule has 4 aromatic carbocycles. The van der Waals surface area contributed by atoms with Crippen LogP contribution in [-0.2, 0) is 20.9 Å². The van der Waals surface area contributed by atoms with E-state index in [1.54, 1.807) is 31.4 Å². The highest BCUT2D eigenvalue weighted by Gasteiger charge is 2.56. The van der Waals surface area contributed by atoms with Gasteiger partial charge in [-0.05, 0) is 53.4 Å². The van der Waals surface area contributed by atoms with Crippen LogP contribution in [0.25, 0.3) is 10.8 Å². The lowest BCUT2D eigenvalue weighted by Crippen LogP contribution is -2.33. The first kappa shape index (κ1) is 29.8. The van der Waals surface area contributed by atoms with Crippen molar-refractivity contribution in [1.82, 2.24) is 4.57 Å².